The van der Waals surface area contributed by atoms with Gasteiger partial charge in [0.2, 0.25) is 0 Å². The number of alkyl halides is 3. The first-order chi connectivity index (χ1) is 26.8. The highest BCUT2D eigenvalue weighted by molar-refractivity contribution is 7.18. The fourth-order valence-corrected chi connectivity index (χ4v) is 6.82. The fourth-order valence-electron chi connectivity index (χ4n) is 4.87. The largest absolute Gasteiger partial charge is 0.573 e. The standard InChI is InChI=1S/C20H16F3N3O3S.C19H16ClN3O2S/c1-12-16(18(28)24-11-13-7-3-2-4-8-13)30-19(25-12)26-17(27)14-9-5-6-10-15(14)29-20(21,22)23;1-12-16(18(25)21-11-13-6-3-2-4-7-13)26-19(22-12)23-17(24)14-8-5-9-15(20)10-14/h2-10H,11H2,1H3,(H,24,28)(H,25,26,27);2-10H,11H2,1H3,(H,21,25)(H,22,23,24). The Hall–Kier alpha value is -6.10. The lowest BCUT2D eigenvalue weighted by Crippen LogP contribution is -2.22. The van der Waals surface area contributed by atoms with Crippen molar-refractivity contribution in [1.82, 2.24) is 20.6 Å². The summed E-state index contributed by atoms with van der Waals surface area (Å²) in [6, 6.07) is 30.6. The third-order valence-corrected chi connectivity index (χ3v) is 9.86. The van der Waals surface area contributed by atoms with E-state index in [0.29, 0.717) is 49.9 Å². The molecule has 11 nitrogen and oxygen atoms in total. The van der Waals surface area contributed by atoms with E-state index >= 15 is 0 Å². The Morgan fingerprint density at radius 3 is 1.62 bits per heavy atom. The van der Waals surface area contributed by atoms with Crippen molar-refractivity contribution in [1.29, 1.82) is 0 Å². The fraction of sp³-hybridized carbons (Fsp3) is 0.128. The van der Waals surface area contributed by atoms with Crippen molar-refractivity contribution in [2.75, 3.05) is 10.6 Å². The Bertz CT molecular complexity index is 2320. The van der Waals surface area contributed by atoms with Gasteiger partial charge in [0, 0.05) is 23.7 Å². The van der Waals surface area contributed by atoms with Crippen LogP contribution in [0.2, 0.25) is 5.02 Å². The molecule has 56 heavy (non-hydrogen) atoms. The molecular weight excluding hydrogens is 789 g/mol. The van der Waals surface area contributed by atoms with E-state index in [1.54, 1.807) is 38.1 Å². The van der Waals surface area contributed by atoms with Crippen LogP contribution in [0, 0.1) is 13.8 Å². The van der Waals surface area contributed by atoms with E-state index in [1.165, 1.54) is 18.2 Å². The molecular formula is C39H32ClF3N6O5S2. The number of para-hydroxylation sites is 1. The molecule has 2 aromatic heterocycles. The van der Waals surface area contributed by atoms with Crippen LogP contribution in [0.5, 0.6) is 5.75 Å². The Morgan fingerprint density at radius 1 is 0.643 bits per heavy atom. The number of carbonyl (C=O) groups is 4. The topological polar surface area (TPSA) is 151 Å². The summed E-state index contributed by atoms with van der Waals surface area (Å²) in [7, 11) is 0. The second kappa shape index (κ2) is 19.0. The molecule has 0 fully saturated rings. The molecule has 0 saturated carbocycles. The molecule has 0 aliphatic carbocycles. The summed E-state index contributed by atoms with van der Waals surface area (Å²) in [6.07, 6.45) is -4.93. The first-order valence-electron chi connectivity index (χ1n) is 16.6. The second-order valence-electron chi connectivity index (χ2n) is 11.7. The van der Waals surface area contributed by atoms with Crippen molar-refractivity contribution >= 4 is 68.2 Å². The lowest BCUT2D eigenvalue weighted by Gasteiger charge is -2.12. The van der Waals surface area contributed by atoms with Gasteiger partial charge >= 0.3 is 6.36 Å². The van der Waals surface area contributed by atoms with Gasteiger partial charge in [0.25, 0.3) is 23.6 Å². The number of hydrogen-bond acceptors (Lipinski definition) is 9. The van der Waals surface area contributed by atoms with Gasteiger partial charge in [0.15, 0.2) is 10.3 Å². The lowest BCUT2D eigenvalue weighted by molar-refractivity contribution is -0.274. The summed E-state index contributed by atoms with van der Waals surface area (Å²) < 4.78 is 41.5. The maximum atomic E-state index is 12.5. The van der Waals surface area contributed by atoms with Gasteiger partial charge in [0.05, 0.1) is 17.0 Å². The Balaban J connectivity index is 0.000000216. The van der Waals surface area contributed by atoms with Crippen LogP contribution in [0.3, 0.4) is 0 Å². The molecule has 288 valence electrons. The van der Waals surface area contributed by atoms with Gasteiger partial charge in [-0.2, -0.15) is 0 Å². The number of benzene rings is 4. The van der Waals surface area contributed by atoms with E-state index in [9.17, 15) is 32.3 Å². The van der Waals surface area contributed by atoms with Crippen molar-refractivity contribution in [3.05, 3.63) is 158 Å². The summed E-state index contributed by atoms with van der Waals surface area (Å²) in [4.78, 5) is 58.6. The van der Waals surface area contributed by atoms with Gasteiger partial charge in [0.1, 0.15) is 15.5 Å². The zero-order valence-corrected chi connectivity index (χ0v) is 32.0. The smallest absolute Gasteiger partial charge is 0.405 e. The third kappa shape index (κ3) is 11.9. The quantitative estimate of drug-likeness (QED) is 0.102. The van der Waals surface area contributed by atoms with Gasteiger partial charge in [-0.05, 0) is 55.3 Å². The van der Waals surface area contributed by atoms with Crippen LogP contribution in [0.25, 0.3) is 0 Å². The number of rotatable bonds is 11. The number of ether oxygens (including phenoxy) is 1. The van der Waals surface area contributed by atoms with Gasteiger partial charge < -0.3 is 15.4 Å². The Morgan fingerprint density at radius 2 is 1.12 bits per heavy atom. The van der Waals surface area contributed by atoms with Crippen LogP contribution in [-0.2, 0) is 13.1 Å². The molecule has 0 spiro atoms. The minimum absolute atomic E-state index is 0.0872. The van der Waals surface area contributed by atoms with Crippen molar-refractivity contribution < 1.29 is 37.1 Å². The number of aryl methyl sites for hydroxylation is 2. The van der Waals surface area contributed by atoms with Gasteiger partial charge in [-0.1, -0.05) is 113 Å². The lowest BCUT2D eigenvalue weighted by atomic mass is 10.2. The average Bonchev–Trinajstić information content (AvgIpc) is 3.73. The van der Waals surface area contributed by atoms with Crippen LogP contribution < -0.4 is 26.0 Å². The van der Waals surface area contributed by atoms with Crippen molar-refractivity contribution in [3.63, 3.8) is 0 Å². The zero-order chi connectivity index (χ0) is 40.2. The number of anilines is 2. The summed E-state index contributed by atoms with van der Waals surface area (Å²) >= 11 is 7.97. The highest BCUT2D eigenvalue weighted by Crippen LogP contribution is 2.29. The minimum atomic E-state index is -4.93. The monoisotopic (exact) mass is 820 g/mol. The number of nitrogens with one attached hydrogen (secondary N) is 4. The molecule has 0 bridgehead atoms. The predicted molar refractivity (Wildman–Crippen MR) is 209 cm³/mol. The summed E-state index contributed by atoms with van der Waals surface area (Å²) in [5, 5.41) is 11.7. The maximum absolute atomic E-state index is 12.5. The number of aromatic nitrogens is 2. The molecule has 0 unspecified atom stereocenters. The van der Waals surface area contributed by atoms with Gasteiger partial charge in [-0.25, -0.2) is 9.97 Å². The SMILES string of the molecule is Cc1nc(NC(=O)c2cccc(Cl)c2)sc1C(=O)NCc1ccccc1.Cc1nc(NC(=O)c2ccccc2OC(F)(F)F)sc1C(=O)NCc1ccccc1. The van der Waals surface area contributed by atoms with E-state index in [1.807, 2.05) is 60.7 Å². The molecule has 0 saturated heterocycles. The number of nitrogens with zero attached hydrogens (tertiary/aromatic N) is 2. The maximum Gasteiger partial charge on any atom is 0.573 e. The molecule has 0 radical (unpaired) electrons. The highest BCUT2D eigenvalue weighted by atomic mass is 35.5. The molecule has 4 amide bonds. The van der Waals surface area contributed by atoms with E-state index in [-0.39, 0.29) is 28.4 Å². The summed E-state index contributed by atoms with van der Waals surface area (Å²) in [6.45, 7) is 4.09. The van der Waals surface area contributed by atoms with Crippen LogP contribution in [-0.4, -0.2) is 40.0 Å². The van der Waals surface area contributed by atoms with Crippen LogP contribution in [0.15, 0.2) is 109 Å². The number of hydrogen-bond donors (Lipinski definition) is 4. The van der Waals surface area contributed by atoms with Crippen molar-refractivity contribution in [2.45, 2.75) is 33.3 Å². The summed E-state index contributed by atoms with van der Waals surface area (Å²) in [5.74, 6) is -2.36. The molecule has 0 atom stereocenters. The van der Waals surface area contributed by atoms with Crippen LogP contribution in [0.4, 0.5) is 23.4 Å². The molecule has 6 aromatic rings. The van der Waals surface area contributed by atoms with Crippen LogP contribution >= 0.6 is 34.3 Å². The molecule has 0 aliphatic rings. The van der Waals surface area contributed by atoms with Crippen LogP contribution in [0.1, 0.15) is 62.6 Å². The number of amides is 4. The Kier molecular flexibility index (Phi) is 13.9. The minimum Gasteiger partial charge on any atom is -0.405 e. The van der Waals surface area contributed by atoms with E-state index in [2.05, 4.69) is 36.0 Å². The average molecular weight is 821 g/mol. The molecule has 4 N–H and O–H groups in total. The zero-order valence-electron chi connectivity index (χ0n) is 29.6. The number of carbonyl (C=O) groups excluding carboxylic acids is 4. The number of thiazole rings is 2. The highest BCUT2D eigenvalue weighted by Gasteiger charge is 2.33. The first kappa shape index (κ1) is 41.1. The van der Waals surface area contributed by atoms with E-state index < -0.39 is 18.0 Å². The number of halogens is 4. The predicted octanol–water partition coefficient (Wildman–Crippen LogP) is 8.82. The van der Waals surface area contributed by atoms with E-state index in [4.69, 9.17) is 11.6 Å². The first-order valence-corrected chi connectivity index (χ1v) is 18.6. The summed E-state index contributed by atoms with van der Waals surface area (Å²) in [5.41, 5.74) is 3.01. The molecule has 0 aliphatic heterocycles. The molecule has 6 rings (SSSR count). The second-order valence-corrected chi connectivity index (χ2v) is 14.1. The van der Waals surface area contributed by atoms with E-state index in [0.717, 1.165) is 39.9 Å². The molecule has 2 heterocycles. The third-order valence-electron chi connectivity index (χ3n) is 7.48. The van der Waals surface area contributed by atoms with Crippen molar-refractivity contribution in [3.8, 4) is 5.75 Å². The molecule has 17 heteroatoms. The van der Waals surface area contributed by atoms with Gasteiger partial charge in [-0.15, -0.1) is 13.2 Å². The normalized spacial score (nSPS) is 10.8. The van der Waals surface area contributed by atoms with Gasteiger partial charge in [-0.3, -0.25) is 29.8 Å². The van der Waals surface area contributed by atoms with Crippen molar-refractivity contribution in [2.24, 2.45) is 0 Å². The molecule has 4 aromatic carbocycles. The Labute approximate surface area is 331 Å².